The van der Waals surface area contributed by atoms with Gasteiger partial charge < -0.3 is 14.1 Å². The van der Waals surface area contributed by atoms with Crippen LogP contribution in [0.1, 0.15) is 23.1 Å². The Hall–Kier alpha value is -2.05. The number of halogens is 2. The van der Waals surface area contributed by atoms with Gasteiger partial charge in [-0.3, -0.25) is 4.90 Å². The third kappa shape index (κ3) is 6.04. The summed E-state index contributed by atoms with van der Waals surface area (Å²) in [5, 5.41) is 1.75. The van der Waals surface area contributed by atoms with Crippen LogP contribution >= 0.6 is 24.0 Å². The van der Waals surface area contributed by atoms with Crippen LogP contribution in [0.25, 0.3) is 11.0 Å². The van der Waals surface area contributed by atoms with Crippen molar-refractivity contribution in [2.75, 3.05) is 39.3 Å². The lowest BCUT2D eigenvalue weighted by atomic mass is 10.1. The van der Waals surface area contributed by atoms with E-state index in [9.17, 15) is 4.79 Å². The molecule has 0 aliphatic carbocycles. The van der Waals surface area contributed by atoms with E-state index < -0.39 is 0 Å². The summed E-state index contributed by atoms with van der Waals surface area (Å²) in [6.45, 7) is 10.7. The molecule has 1 aliphatic heterocycles. The summed E-state index contributed by atoms with van der Waals surface area (Å²) < 4.78 is 11.3. The van der Waals surface area contributed by atoms with Gasteiger partial charge in [-0.1, -0.05) is 23.7 Å². The van der Waals surface area contributed by atoms with Gasteiger partial charge in [0.15, 0.2) is 0 Å². The van der Waals surface area contributed by atoms with Crippen molar-refractivity contribution >= 4 is 35.0 Å². The highest BCUT2D eigenvalue weighted by Crippen LogP contribution is 2.24. The molecule has 0 saturated carbocycles. The molecule has 0 bridgehead atoms. The molecule has 7 heteroatoms. The predicted octanol–water partition coefficient (Wildman–Crippen LogP) is 5.07. The number of hydrogen-bond donors (Lipinski definition) is 0. The third-order valence-corrected chi connectivity index (χ3v) is 6.35. The lowest BCUT2D eigenvalue weighted by molar-refractivity contribution is 0.121. The summed E-state index contributed by atoms with van der Waals surface area (Å²) in [6, 6.07) is 13.9. The first kappa shape index (κ1) is 24.6. The van der Waals surface area contributed by atoms with Gasteiger partial charge in [-0.25, -0.2) is 4.79 Å². The summed E-state index contributed by atoms with van der Waals surface area (Å²) in [6.07, 6.45) is 0.964. The monoisotopic (exact) mass is 476 g/mol. The van der Waals surface area contributed by atoms with E-state index in [1.807, 2.05) is 37.3 Å². The van der Waals surface area contributed by atoms with E-state index in [2.05, 4.69) is 21.9 Å². The quantitative estimate of drug-likeness (QED) is 0.351. The minimum Gasteiger partial charge on any atom is -0.493 e. The molecule has 0 amide bonds. The van der Waals surface area contributed by atoms with E-state index >= 15 is 0 Å². The van der Waals surface area contributed by atoms with Crippen LogP contribution in [0.15, 0.2) is 51.7 Å². The first-order valence-electron chi connectivity index (χ1n) is 10.9. The first-order chi connectivity index (χ1) is 15.0. The normalized spacial score (nSPS) is 15.0. The maximum atomic E-state index is 11.9. The molecule has 1 saturated heterocycles. The first-order valence-corrected chi connectivity index (χ1v) is 11.2. The smallest absolute Gasteiger partial charge is 0.339 e. The second-order valence-electron chi connectivity index (χ2n) is 8.24. The second-order valence-corrected chi connectivity index (χ2v) is 8.68. The zero-order chi connectivity index (χ0) is 21.8. The molecule has 3 aromatic rings. The van der Waals surface area contributed by atoms with Crippen molar-refractivity contribution < 1.29 is 9.15 Å². The van der Waals surface area contributed by atoms with Gasteiger partial charge in [0, 0.05) is 61.3 Å². The Morgan fingerprint density at radius 3 is 2.38 bits per heavy atom. The highest BCUT2D eigenvalue weighted by Gasteiger charge is 2.16. The number of ether oxygens (including phenoxy) is 1. The Bertz CT molecular complexity index is 1090. The second kappa shape index (κ2) is 11.2. The fourth-order valence-corrected chi connectivity index (χ4v) is 4.14. The van der Waals surface area contributed by atoms with Crippen LogP contribution in [0.5, 0.6) is 5.75 Å². The third-order valence-electron chi connectivity index (χ3n) is 6.10. The predicted molar refractivity (Wildman–Crippen MR) is 132 cm³/mol. The van der Waals surface area contributed by atoms with Gasteiger partial charge in [-0.2, -0.15) is 0 Å². The van der Waals surface area contributed by atoms with Crippen molar-refractivity contribution in [2.45, 2.75) is 26.8 Å². The van der Waals surface area contributed by atoms with Crippen molar-refractivity contribution in [3.63, 3.8) is 0 Å². The Labute approximate surface area is 200 Å². The van der Waals surface area contributed by atoms with Crippen molar-refractivity contribution in [2.24, 2.45) is 0 Å². The Kier molecular flexibility index (Phi) is 8.60. The van der Waals surface area contributed by atoms with E-state index in [4.69, 9.17) is 20.8 Å². The van der Waals surface area contributed by atoms with E-state index in [0.29, 0.717) is 17.8 Å². The lowest BCUT2D eigenvalue weighted by Crippen LogP contribution is -2.46. The van der Waals surface area contributed by atoms with Gasteiger partial charge in [-0.05, 0) is 55.7 Å². The summed E-state index contributed by atoms with van der Waals surface area (Å²) in [5.41, 5.74) is 3.24. The number of benzene rings is 2. The van der Waals surface area contributed by atoms with Crippen molar-refractivity contribution in [3.05, 3.63) is 74.6 Å². The molecule has 1 aromatic heterocycles. The molecule has 172 valence electrons. The van der Waals surface area contributed by atoms with Crippen LogP contribution < -0.4 is 10.4 Å². The maximum absolute atomic E-state index is 11.9. The SMILES string of the molecule is Cc1c(C)c2ccc(OCCCN3CCN(Cc4ccc(Cl)cc4)CC3)cc2oc1=O.Cl. The zero-order valence-corrected chi connectivity index (χ0v) is 20.2. The molecule has 0 N–H and O–H groups in total. The fourth-order valence-electron chi connectivity index (χ4n) is 4.02. The fraction of sp³-hybridized carbons (Fsp3) is 0.400. The zero-order valence-electron chi connectivity index (χ0n) is 18.6. The molecule has 2 heterocycles. The number of aryl methyl sites for hydroxylation is 1. The Morgan fingerprint density at radius 1 is 0.969 bits per heavy atom. The topological polar surface area (TPSA) is 45.9 Å². The highest BCUT2D eigenvalue weighted by molar-refractivity contribution is 6.30. The van der Waals surface area contributed by atoms with Gasteiger partial charge in [-0.15, -0.1) is 12.4 Å². The van der Waals surface area contributed by atoms with Gasteiger partial charge in [0.25, 0.3) is 0 Å². The van der Waals surface area contributed by atoms with Crippen molar-refractivity contribution in [3.8, 4) is 5.75 Å². The van der Waals surface area contributed by atoms with Gasteiger partial charge >= 0.3 is 5.63 Å². The van der Waals surface area contributed by atoms with Crippen molar-refractivity contribution in [1.82, 2.24) is 9.80 Å². The number of hydrogen-bond acceptors (Lipinski definition) is 5. The molecule has 1 fully saturated rings. The summed E-state index contributed by atoms with van der Waals surface area (Å²) >= 11 is 5.97. The van der Waals surface area contributed by atoms with E-state index in [1.165, 1.54) is 5.56 Å². The van der Waals surface area contributed by atoms with Gasteiger partial charge in [0.2, 0.25) is 0 Å². The van der Waals surface area contributed by atoms with Crippen LogP contribution in [-0.4, -0.2) is 49.1 Å². The van der Waals surface area contributed by atoms with Crippen LogP contribution in [0, 0.1) is 13.8 Å². The number of nitrogens with zero attached hydrogens (tertiary/aromatic N) is 2. The maximum Gasteiger partial charge on any atom is 0.339 e. The lowest BCUT2D eigenvalue weighted by Gasteiger charge is -2.34. The minimum atomic E-state index is -0.280. The largest absolute Gasteiger partial charge is 0.493 e. The summed E-state index contributed by atoms with van der Waals surface area (Å²) in [7, 11) is 0. The summed E-state index contributed by atoms with van der Waals surface area (Å²) in [5.74, 6) is 0.742. The average Bonchev–Trinajstić information content (AvgIpc) is 2.78. The van der Waals surface area contributed by atoms with E-state index in [-0.39, 0.29) is 18.0 Å². The molecule has 0 atom stereocenters. The van der Waals surface area contributed by atoms with E-state index in [0.717, 1.165) is 67.4 Å². The molecule has 32 heavy (non-hydrogen) atoms. The molecule has 1 aliphatic rings. The van der Waals surface area contributed by atoms with Crippen LogP contribution in [-0.2, 0) is 6.54 Å². The van der Waals surface area contributed by atoms with Crippen molar-refractivity contribution in [1.29, 1.82) is 0 Å². The molecule has 2 aromatic carbocycles. The Morgan fingerprint density at radius 2 is 1.66 bits per heavy atom. The highest BCUT2D eigenvalue weighted by atomic mass is 35.5. The van der Waals surface area contributed by atoms with E-state index in [1.54, 1.807) is 6.92 Å². The van der Waals surface area contributed by atoms with Gasteiger partial charge in [0.05, 0.1) is 6.61 Å². The number of piperazine rings is 1. The molecular weight excluding hydrogens is 447 g/mol. The number of rotatable bonds is 7. The van der Waals surface area contributed by atoms with Crippen LogP contribution in [0.3, 0.4) is 0 Å². The average molecular weight is 477 g/mol. The number of fused-ring (bicyclic) bond motifs is 1. The molecule has 0 radical (unpaired) electrons. The molecule has 0 spiro atoms. The summed E-state index contributed by atoms with van der Waals surface area (Å²) in [4.78, 5) is 16.9. The standard InChI is InChI=1S/C25H29ClN2O3.ClH/c1-18-19(2)25(29)31-24-16-22(8-9-23(18)24)30-15-3-10-27-11-13-28(14-12-27)17-20-4-6-21(26)7-5-20;/h4-9,16H,3,10-15,17H2,1-2H3;1H. The van der Waals surface area contributed by atoms with Crippen LogP contribution in [0.4, 0.5) is 0 Å². The van der Waals surface area contributed by atoms with Crippen LogP contribution in [0.2, 0.25) is 5.02 Å². The Balaban J connectivity index is 0.00000289. The molecule has 4 rings (SSSR count). The minimum absolute atomic E-state index is 0. The molecule has 5 nitrogen and oxygen atoms in total. The van der Waals surface area contributed by atoms with Gasteiger partial charge in [0.1, 0.15) is 11.3 Å². The molecule has 0 unspecified atom stereocenters. The molecular formula is C25H30Cl2N2O3.